The van der Waals surface area contributed by atoms with Gasteiger partial charge in [-0.15, -0.1) is 0 Å². The first-order chi connectivity index (χ1) is 8.06. The van der Waals surface area contributed by atoms with Crippen molar-refractivity contribution >= 4 is 28.8 Å². The van der Waals surface area contributed by atoms with E-state index in [0.29, 0.717) is 10.8 Å². The van der Waals surface area contributed by atoms with Gasteiger partial charge in [0.1, 0.15) is 11.0 Å². The van der Waals surface area contributed by atoms with Gasteiger partial charge in [0, 0.05) is 11.4 Å². The zero-order valence-corrected chi connectivity index (χ0v) is 10.5. The normalized spacial score (nSPS) is 10.3. The van der Waals surface area contributed by atoms with Gasteiger partial charge >= 0.3 is 0 Å². The maximum atomic E-state index is 6.01. The van der Waals surface area contributed by atoms with Gasteiger partial charge in [-0.3, -0.25) is 0 Å². The highest BCUT2D eigenvalue weighted by atomic mass is 35.5. The number of pyridine rings is 1. The number of nitrogen functional groups attached to an aromatic ring is 1. The quantitative estimate of drug-likeness (QED) is 0.629. The van der Waals surface area contributed by atoms with Crippen LogP contribution in [-0.2, 0) is 0 Å². The van der Waals surface area contributed by atoms with Gasteiger partial charge < -0.3 is 11.1 Å². The number of nitrogens with two attached hydrogens (primary N) is 1. The standard InChI is InChI=1S/C13H14ClN3/c1-8-6-9(2)13(17-12(8)14)16-11-5-3-4-10(15)7-11/h3-7H,15H2,1-2H3,(H,16,17). The zero-order chi connectivity index (χ0) is 12.4. The molecule has 0 bridgehead atoms. The fourth-order valence-corrected chi connectivity index (χ4v) is 1.75. The summed E-state index contributed by atoms with van der Waals surface area (Å²) in [5.74, 6) is 0.756. The number of hydrogen-bond donors (Lipinski definition) is 2. The fraction of sp³-hybridized carbons (Fsp3) is 0.154. The molecule has 3 nitrogen and oxygen atoms in total. The number of rotatable bonds is 2. The SMILES string of the molecule is Cc1cc(C)c(Nc2cccc(N)c2)nc1Cl. The van der Waals surface area contributed by atoms with Crippen LogP contribution in [0.3, 0.4) is 0 Å². The molecule has 0 amide bonds. The molecule has 2 aromatic rings. The monoisotopic (exact) mass is 247 g/mol. The van der Waals surface area contributed by atoms with E-state index in [1.54, 1.807) is 0 Å². The summed E-state index contributed by atoms with van der Waals surface area (Å²) in [6.07, 6.45) is 0. The van der Waals surface area contributed by atoms with Gasteiger partial charge in [0.15, 0.2) is 0 Å². The van der Waals surface area contributed by atoms with Gasteiger partial charge in [0.25, 0.3) is 0 Å². The molecule has 0 aliphatic heterocycles. The second-order valence-electron chi connectivity index (χ2n) is 4.01. The van der Waals surface area contributed by atoms with Gasteiger partial charge in [-0.2, -0.15) is 0 Å². The predicted octanol–water partition coefficient (Wildman–Crippen LogP) is 3.68. The van der Waals surface area contributed by atoms with E-state index in [1.807, 2.05) is 44.2 Å². The molecular formula is C13H14ClN3. The molecule has 4 heteroatoms. The fourth-order valence-electron chi connectivity index (χ4n) is 1.61. The molecule has 17 heavy (non-hydrogen) atoms. The van der Waals surface area contributed by atoms with Crippen molar-refractivity contribution < 1.29 is 0 Å². The van der Waals surface area contributed by atoms with E-state index >= 15 is 0 Å². The van der Waals surface area contributed by atoms with Crippen LogP contribution in [0.2, 0.25) is 5.15 Å². The molecule has 0 spiro atoms. The average Bonchev–Trinajstić information content (AvgIpc) is 2.26. The number of halogens is 1. The van der Waals surface area contributed by atoms with Crippen molar-refractivity contribution in [3.63, 3.8) is 0 Å². The second-order valence-corrected chi connectivity index (χ2v) is 4.37. The summed E-state index contributed by atoms with van der Waals surface area (Å²) in [5.41, 5.74) is 9.36. The van der Waals surface area contributed by atoms with Gasteiger partial charge in [-0.1, -0.05) is 17.7 Å². The van der Waals surface area contributed by atoms with Crippen molar-refractivity contribution in [2.24, 2.45) is 0 Å². The number of hydrogen-bond acceptors (Lipinski definition) is 3. The Morgan fingerprint density at radius 2 is 1.94 bits per heavy atom. The number of nitrogens with zero attached hydrogens (tertiary/aromatic N) is 1. The highest BCUT2D eigenvalue weighted by molar-refractivity contribution is 6.30. The molecular weight excluding hydrogens is 234 g/mol. The molecule has 3 N–H and O–H groups in total. The lowest BCUT2D eigenvalue weighted by molar-refractivity contribution is 1.21. The summed E-state index contributed by atoms with van der Waals surface area (Å²) < 4.78 is 0. The Morgan fingerprint density at radius 3 is 2.65 bits per heavy atom. The third-order valence-corrected chi connectivity index (χ3v) is 2.87. The van der Waals surface area contributed by atoms with Crippen LogP contribution in [0.5, 0.6) is 0 Å². The summed E-state index contributed by atoms with van der Waals surface area (Å²) in [7, 11) is 0. The maximum absolute atomic E-state index is 6.01. The van der Waals surface area contributed by atoms with Gasteiger partial charge in [0.05, 0.1) is 0 Å². The highest BCUT2D eigenvalue weighted by Gasteiger charge is 2.05. The van der Waals surface area contributed by atoms with Crippen LogP contribution in [0.15, 0.2) is 30.3 Å². The Balaban J connectivity index is 2.33. The summed E-state index contributed by atoms with van der Waals surface area (Å²) >= 11 is 6.01. The molecule has 88 valence electrons. The van der Waals surface area contributed by atoms with Crippen LogP contribution in [0, 0.1) is 13.8 Å². The predicted molar refractivity (Wildman–Crippen MR) is 72.9 cm³/mol. The Kier molecular flexibility index (Phi) is 3.20. The summed E-state index contributed by atoms with van der Waals surface area (Å²) in [6, 6.07) is 9.53. The average molecular weight is 248 g/mol. The second kappa shape index (κ2) is 4.63. The highest BCUT2D eigenvalue weighted by Crippen LogP contribution is 2.24. The van der Waals surface area contributed by atoms with Gasteiger partial charge in [0.2, 0.25) is 0 Å². The van der Waals surface area contributed by atoms with Crippen molar-refractivity contribution in [1.82, 2.24) is 4.98 Å². The Morgan fingerprint density at radius 1 is 1.18 bits per heavy atom. The lowest BCUT2D eigenvalue weighted by Gasteiger charge is -2.10. The first-order valence-corrected chi connectivity index (χ1v) is 5.70. The minimum absolute atomic E-state index is 0.516. The Hall–Kier alpha value is -1.74. The number of aromatic nitrogens is 1. The van der Waals surface area contributed by atoms with Gasteiger partial charge in [-0.25, -0.2) is 4.98 Å². The molecule has 1 aromatic heterocycles. The van der Waals surface area contributed by atoms with E-state index in [4.69, 9.17) is 17.3 Å². The summed E-state index contributed by atoms with van der Waals surface area (Å²) in [6.45, 7) is 3.93. The van der Waals surface area contributed by atoms with Crippen LogP contribution in [-0.4, -0.2) is 4.98 Å². The lowest BCUT2D eigenvalue weighted by Crippen LogP contribution is -1.98. The third-order valence-electron chi connectivity index (χ3n) is 2.49. The van der Waals surface area contributed by atoms with Gasteiger partial charge in [-0.05, 0) is 49.2 Å². The number of benzene rings is 1. The minimum Gasteiger partial charge on any atom is -0.399 e. The van der Waals surface area contributed by atoms with E-state index in [-0.39, 0.29) is 0 Å². The number of anilines is 3. The van der Waals surface area contributed by atoms with Crippen molar-refractivity contribution in [3.05, 3.63) is 46.6 Å². The lowest BCUT2D eigenvalue weighted by atomic mass is 10.2. The molecule has 2 rings (SSSR count). The van der Waals surface area contributed by atoms with Crippen LogP contribution in [0.1, 0.15) is 11.1 Å². The van der Waals surface area contributed by atoms with E-state index in [1.165, 1.54) is 0 Å². The molecule has 0 saturated heterocycles. The zero-order valence-electron chi connectivity index (χ0n) is 9.79. The third kappa shape index (κ3) is 2.68. The Labute approximate surface area is 106 Å². The summed E-state index contributed by atoms with van der Waals surface area (Å²) in [5, 5.41) is 3.72. The summed E-state index contributed by atoms with van der Waals surface area (Å²) in [4.78, 5) is 4.31. The van der Waals surface area contributed by atoms with Crippen molar-refractivity contribution in [1.29, 1.82) is 0 Å². The van der Waals surface area contributed by atoms with Crippen LogP contribution < -0.4 is 11.1 Å². The molecule has 0 saturated carbocycles. The first-order valence-electron chi connectivity index (χ1n) is 5.32. The largest absolute Gasteiger partial charge is 0.399 e. The van der Waals surface area contributed by atoms with Crippen LogP contribution >= 0.6 is 11.6 Å². The van der Waals surface area contributed by atoms with E-state index < -0.39 is 0 Å². The van der Waals surface area contributed by atoms with E-state index in [2.05, 4.69) is 10.3 Å². The molecule has 0 unspecified atom stereocenters. The molecule has 0 fully saturated rings. The van der Waals surface area contributed by atoms with Crippen molar-refractivity contribution in [2.75, 3.05) is 11.1 Å². The molecule has 0 radical (unpaired) electrons. The van der Waals surface area contributed by atoms with E-state index in [0.717, 1.165) is 22.6 Å². The minimum atomic E-state index is 0.516. The molecule has 1 aromatic carbocycles. The topological polar surface area (TPSA) is 50.9 Å². The van der Waals surface area contributed by atoms with Crippen LogP contribution in [0.25, 0.3) is 0 Å². The molecule has 1 heterocycles. The van der Waals surface area contributed by atoms with Crippen molar-refractivity contribution in [3.8, 4) is 0 Å². The number of aryl methyl sites for hydroxylation is 2. The molecule has 0 aliphatic rings. The number of nitrogens with one attached hydrogen (secondary N) is 1. The van der Waals surface area contributed by atoms with Crippen molar-refractivity contribution in [2.45, 2.75) is 13.8 Å². The molecule has 0 aliphatic carbocycles. The van der Waals surface area contributed by atoms with E-state index in [9.17, 15) is 0 Å². The Bertz CT molecular complexity index is 552. The first kappa shape index (κ1) is 11.7. The van der Waals surface area contributed by atoms with Crippen LogP contribution in [0.4, 0.5) is 17.2 Å². The smallest absolute Gasteiger partial charge is 0.135 e. The maximum Gasteiger partial charge on any atom is 0.135 e. The molecule has 0 atom stereocenters.